The van der Waals surface area contributed by atoms with Crippen molar-refractivity contribution in [1.82, 2.24) is 10.2 Å². The van der Waals surface area contributed by atoms with E-state index in [1.54, 1.807) is 30.3 Å². The van der Waals surface area contributed by atoms with Crippen LogP contribution in [0.25, 0.3) is 17.5 Å². The topological polar surface area (TPSA) is 122 Å². The number of hydrogen-bond donors (Lipinski definition) is 1. The molecule has 0 spiro atoms. The lowest BCUT2D eigenvalue weighted by atomic mass is 10.1. The summed E-state index contributed by atoms with van der Waals surface area (Å²) in [5.41, 5.74) is 0.980. The van der Waals surface area contributed by atoms with Crippen LogP contribution in [0.15, 0.2) is 44.9 Å². The van der Waals surface area contributed by atoms with Crippen LogP contribution in [-0.2, 0) is 4.79 Å². The van der Waals surface area contributed by atoms with Gasteiger partial charge in [-0.3, -0.25) is 0 Å². The average Bonchev–Trinajstić information content (AvgIpc) is 3.31. The summed E-state index contributed by atoms with van der Waals surface area (Å²) in [6, 6.07) is 8.35. The highest BCUT2D eigenvalue weighted by Gasteiger charge is 2.20. The van der Waals surface area contributed by atoms with Crippen molar-refractivity contribution >= 4 is 23.8 Å². The van der Waals surface area contributed by atoms with Crippen LogP contribution in [0.2, 0.25) is 0 Å². The molecule has 174 valence electrons. The summed E-state index contributed by atoms with van der Waals surface area (Å²) < 4.78 is 32.2. The molecule has 0 aliphatic rings. The smallest absolute Gasteiger partial charge is 0.342 e. The van der Waals surface area contributed by atoms with Gasteiger partial charge < -0.3 is 33.2 Å². The maximum atomic E-state index is 12.0. The van der Waals surface area contributed by atoms with E-state index in [4.69, 9.17) is 28.1 Å². The second-order valence-corrected chi connectivity index (χ2v) is 7.33. The highest BCUT2D eigenvalue weighted by atomic mass is 32.2. The molecule has 0 aliphatic carbocycles. The summed E-state index contributed by atoms with van der Waals surface area (Å²) >= 11 is 0.792. The molecule has 3 aromatic rings. The molecule has 1 heterocycles. The number of thioether (sulfide) groups is 1. The number of nitrogens with zero attached hydrogens (tertiary/aromatic N) is 2. The zero-order chi connectivity index (χ0) is 24.0. The van der Waals surface area contributed by atoms with Gasteiger partial charge in [0.25, 0.3) is 5.22 Å². The fourth-order valence-corrected chi connectivity index (χ4v) is 3.49. The Bertz CT molecular complexity index is 1130. The van der Waals surface area contributed by atoms with E-state index in [2.05, 4.69) is 10.2 Å². The molecule has 0 bridgehead atoms. The minimum atomic E-state index is -1.19. The van der Waals surface area contributed by atoms with Crippen molar-refractivity contribution < 1.29 is 38.0 Å². The lowest BCUT2D eigenvalue weighted by molar-refractivity contribution is -0.131. The van der Waals surface area contributed by atoms with Gasteiger partial charge in [0.2, 0.25) is 5.89 Å². The maximum absolute atomic E-state index is 12.0. The van der Waals surface area contributed by atoms with Crippen LogP contribution in [0.1, 0.15) is 5.56 Å². The van der Waals surface area contributed by atoms with Crippen molar-refractivity contribution in [3.8, 4) is 40.2 Å². The molecule has 0 unspecified atom stereocenters. The first-order valence-corrected chi connectivity index (χ1v) is 10.2. The zero-order valence-corrected chi connectivity index (χ0v) is 19.4. The van der Waals surface area contributed by atoms with Gasteiger partial charge in [0.1, 0.15) is 33.7 Å². The standard InChI is InChI=1S/C22H22N2O8S/c1-27-13-6-12(7-14(8-13)28-2)20-23-24-22(32-20)33-19(21(25)26)11-16-17(30-4)9-15(29-3)10-18(16)31-5/h6-11H,1-5H3,(H,25,26)/b19-11-. The molecule has 1 N–H and O–H groups in total. The third kappa shape index (κ3) is 5.50. The van der Waals surface area contributed by atoms with Crippen LogP contribution >= 0.6 is 11.8 Å². The third-order valence-electron chi connectivity index (χ3n) is 4.44. The van der Waals surface area contributed by atoms with E-state index in [0.29, 0.717) is 39.9 Å². The van der Waals surface area contributed by atoms with Crippen LogP contribution < -0.4 is 23.7 Å². The summed E-state index contributed by atoms with van der Waals surface area (Å²) in [5.74, 6) is 1.33. The van der Waals surface area contributed by atoms with Crippen molar-refractivity contribution in [2.24, 2.45) is 0 Å². The number of carbonyl (C=O) groups is 1. The molecule has 0 fully saturated rings. The third-order valence-corrected chi connectivity index (χ3v) is 5.29. The Balaban J connectivity index is 1.97. The number of aromatic nitrogens is 2. The summed E-state index contributed by atoms with van der Waals surface area (Å²) in [4.78, 5) is 11.9. The van der Waals surface area contributed by atoms with E-state index in [9.17, 15) is 9.90 Å². The van der Waals surface area contributed by atoms with Crippen LogP contribution in [0, 0.1) is 0 Å². The fraction of sp³-hybridized carbons (Fsp3) is 0.227. The molecule has 0 amide bonds. The normalized spacial score (nSPS) is 11.1. The molecule has 0 aliphatic heterocycles. The highest BCUT2D eigenvalue weighted by Crippen LogP contribution is 2.38. The first-order chi connectivity index (χ1) is 15.9. The predicted molar refractivity (Wildman–Crippen MR) is 120 cm³/mol. The number of benzene rings is 2. The Morgan fingerprint density at radius 1 is 0.848 bits per heavy atom. The van der Waals surface area contributed by atoms with Gasteiger partial charge in [-0.2, -0.15) is 0 Å². The number of methoxy groups -OCH3 is 5. The summed E-state index contributed by atoms with van der Waals surface area (Å²) in [7, 11) is 7.49. The SMILES string of the molecule is COc1cc(OC)cc(-c2nnc(S/C(=C\c3c(OC)cc(OC)cc3OC)C(=O)O)o2)c1. The second kappa shape index (κ2) is 10.6. The molecule has 0 saturated carbocycles. The number of hydrogen-bond acceptors (Lipinski definition) is 10. The van der Waals surface area contributed by atoms with Crippen LogP contribution in [0.3, 0.4) is 0 Å². The molecule has 33 heavy (non-hydrogen) atoms. The second-order valence-electron chi connectivity index (χ2n) is 6.34. The Morgan fingerprint density at radius 3 is 1.88 bits per heavy atom. The molecule has 0 atom stereocenters. The number of aliphatic carboxylic acids is 1. The van der Waals surface area contributed by atoms with E-state index < -0.39 is 5.97 Å². The van der Waals surface area contributed by atoms with Gasteiger partial charge in [-0.1, -0.05) is 0 Å². The van der Waals surface area contributed by atoms with Crippen LogP contribution in [0.5, 0.6) is 28.7 Å². The van der Waals surface area contributed by atoms with Crippen molar-refractivity contribution in [2.45, 2.75) is 5.22 Å². The summed E-state index contributed by atoms with van der Waals surface area (Å²) in [6.07, 6.45) is 1.41. The van der Waals surface area contributed by atoms with E-state index >= 15 is 0 Å². The van der Waals surface area contributed by atoms with Gasteiger partial charge >= 0.3 is 5.97 Å². The Morgan fingerprint density at radius 2 is 1.39 bits per heavy atom. The van der Waals surface area contributed by atoms with E-state index in [0.717, 1.165) is 11.8 Å². The lowest BCUT2D eigenvalue weighted by Gasteiger charge is -2.13. The molecule has 10 nitrogen and oxygen atoms in total. The predicted octanol–water partition coefficient (Wildman–Crippen LogP) is 4.00. The number of rotatable bonds is 10. The number of carboxylic acid groups (broad SMARTS) is 1. The minimum Gasteiger partial charge on any atom is -0.497 e. The molecular formula is C22H22N2O8S. The van der Waals surface area contributed by atoms with Gasteiger partial charge in [0.15, 0.2) is 0 Å². The summed E-state index contributed by atoms with van der Waals surface area (Å²) in [5, 5.41) is 17.8. The molecule has 3 rings (SSSR count). The number of ether oxygens (including phenoxy) is 5. The molecular weight excluding hydrogens is 452 g/mol. The Labute approximate surface area is 194 Å². The van der Waals surface area contributed by atoms with E-state index in [-0.39, 0.29) is 16.0 Å². The molecule has 0 radical (unpaired) electrons. The quantitative estimate of drug-likeness (QED) is 0.339. The molecule has 11 heteroatoms. The van der Waals surface area contributed by atoms with Gasteiger partial charge in [0.05, 0.1) is 41.1 Å². The van der Waals surface area contributed by atoms with Crippen molar-refractivity contribution in [3.63, 3.8) is 0 Å². The Hall–Kier alpha value is -3.86. The monoisotopic (exact) mass is 474 g/mol. The highest BCUT2D eigenvalue weighted by molar-refractivity contribution is 8.03. The van der Waals surface area contributed by atoms with Crippen molar-refractivity contribution in [2.75, 3.05) is 35.5 Å². The van der Waals surface area contributed by atoms with E-state index in [1.165, 1.54) is 41.6 Å². The van der Waals surface area contributed by atoms with Crippen molar-refractivity contribution in [1.29, 1.82) is 0 Å². The van der Waals surface area contributed by atoms with E-state index in [1.807, 2.05) is 0 Å². The first kappa shape index (κ1) is 23.8. The molecule has 0 saturated heterocycles. The van der Waals surface area contributed by atoms with Gasteiger partial charge in [0, 0.05) is 23.8 Å². The Kier molecular flexibility index (Phi) is 7.67. The number of carboxylic acids is 1. The largest absolute Gasteiger partial charge is 0.497 e. The molecule has 2 aromatic carbocycles. The van der Waals surface area contributed by atoms with Gasteiger partial charge in [-0.05, 0) is 30.0 Å². The van der Waals surface area contributed by atoms with Crippen molar-refractivity contribution in [3.05, 3.63) is 40.8 Å². The minimum absolute atomic E-state index is 0.0342. The van der Waals surface area contributed by atoms with Gasteiger partial charge in [-0.15, -0.1) is 10.2 Å². The van der Waals surface area contributed by atoms with Crippen LogP contribution in [0.4, 0.5) is 0 Å². The fourth-order valence-electron chi connectivity index (χ4n) is 2.83. The van der Waals surface area contributed by atoms with Gasteiger partial charge in [-0.25, -0.2) is 4.79 Å². The molecule has 1 aromatic heterocycles. The lowest BCUT2D eigenvalue weighted by Crippen LogP contribution is -1.99. The average molecular weight is 474 g/mol. The summed E-state index contributed by atoms with van der Waals surface area (Å²) in [6.45, 7) is 0. The zero-order valence-electron chi connectivity index (χ0n) is 18.6. The first-order valence-electron chi connectivity index (χ1n) is 9.42. The van der Waals surface area contributed by atoms with Crippen LogP contribution in [-0.4, -0.2) is 56.8 Å². The maximum Gasteiger partial charge on any atom is 0.342 e.